The van der Waals surface area contributed by atoms with Crippen LogP contribution in [0.25, 0.3) is 0 Å². The monoisotopic (exact) mass is 261 g/mol. The molecule has 1 saturated carbocycles. The molecule has 3 heteroatoms. The van der Waals surface area contributed by atoms with E-state index in [0.717, 1.165) is 24.9 Å². The van der Waals surface area contributed by atoms with Crippen molar-refractivity contribution in [3.8, 4) is 0 Å². The zero-order valence-electron chi connectivity index (χ0n) is 12.4. The van der Waals surface area contributed by atoms with Gasteiger partial charge in [0.2, 0.25) is 0 Å². The summed E-state index contributed by atoms with van der Waals surface area (Å²) in [6.07, 6.45) is 9.44. The van der Waals surface area contributed by atoms with Crippen LogP contribution in [0.4, 0.5) is 0 Å². The topological polar surface area (TPSA) is 29.9 Å². The van der Waals surface area contributed by atoms with Crippen LogP contribution in [-0.2, 0) is 7.05 Å². The van der Waals surface area contributed by atoms with Crippen molar-refractivity contribution in [1.29, 1.82) is 0 Å². The maximum absolute atomic E-state index is 4.91. The summed E-state index contributed by atoms with van der Waals surface area (Å²) in [5.74, 6) is 1.45. The Morgan fingerprint density at radius 3 is 2.37 bits per heavy atom. The molecule has 1 N–H and O–H groups in total. The minimum atomic E-state index is 0.719. The zero-order valence-corrected chi connectivity index (χ0v) is 12.4. The SMILES string of the molecule is Cc1c(C2CCCCC2)nn(C)c1C1CCNCC1. The Balaban J connectivity index is 1.86. The van der Waals surface area contributed by atoms with Gasteiger partial charge in [0.25, 0.3) is 0 Å². The van der Waals surface area contributed by atoms with Crippen molar-refractivity contribution in [2.24, 2.45) is 7.05 Å². The van der Waals surface area contributed by atoms with E-state index in [1.54, 1.807) is 0 Å². The molecule has 1 aromatic heterocycles. The van der Waals surface area contributed by atoms with Gasteiger partial charge in [0, 0.05) is 24.6 Å². The van der Waals surface area contributed by atoms with E-state index in [9.17, 15) is 0 Å². The van der Waals surface area contributed by atoms with E-state index in [4.69, 9.17) is 5.10 Å². The molecular formula is C16H27N3. The highest BCUT2D eigenvalue weighted by molar-refractivity contribution is 5.31. The van der Waals surface area contributed by atoms with Crippen LogP contribution in [-0.4, -0.2) is 22.9 Å². The Labute approximate surface area is 116 Å². The van der Waals surface area contributed by atoms with Crippen LogP contribution in [0, 0.1) is 6.92 Å². The van der Waals surface area contributed by atoms with Gasteiger partial charge in [-0.15, -0.1) is 0 Å². The fourth-order valence-corrected chi connectivity index (χ4v) is 4.09. The number of nitrogens with one attached hydrogen (secondary N) is 1. The van der Waals surface area contributed by atoms with Gasteiger partial charge in [0.05, 0.1) is 5.69 Å². The van der Waals surface area contributed by atoms with Crippen molar-refractivity contribution >= 4 is 0 Å². The quantitative estimate of drug-likeness (QED) is 0.885. The van der Waals surface area contributed by atoms with Gasteiger partial charge in [0.15, 0.2) is 0 Å². The Morgan fingerprint density at radius 1 is 1.00 bits per heavy atom. The summed E-state index contributed by atoms with van der Waals surface area (Å²) in [6, 6.07) is 0. The fraction of sp³-hybridized carbons (Fsp3) is 0.812. The van der Waals surface area contributed by atoms with E-state index in [-0.39, 0.29) is 0 Å². The van der Waals surface area contributed by atoms with Crippen LogP contribution < -0.4 is 5.32 Å². The summed E-state index contributed by atoms with van der Waals surface area (Å²) in [4.78, 5) is 0. The van der Waals surface area contributed by atoms with E-state index in [2.05, 4.69) is 24.0 Å². The summed E-state index contributed by atoms with van der Waals surface area (Å²) in [6.45, 7) is 4.64. The molecule has 2 fully saturated rings. The second-order valence-corrected chi connectivity index (χ2v) is 6.38. The summed E-state index contributed by atoms with van der Waals surface area (Å²) in [5, 5.41) is 8.37. The molecule has 1 aliphatic carbocycles. The molecule has 1 aromatic rings. The average molecular weight is 261 g/mol. The molecule has 3 nitrogen and oxygen atoms in total. The van der Waals surface area contributed by atoms with Crippen molar-refractivity contribution in [3.63, 3.8) is 0 Å². The zero-order chi connectivity index (χ0) is 13.2. The lowest BCUT2D eigenvalue weighted by Crippen LogP contribution is -2.27. The number of aromatic nitrogens is 2. The van der Waals surface area contributed by atoms with Gasteiger partial charge in [0.1, 0.15) is 0 Å². The van der Waals surface area contributed by atoms with Gasteiger partial charge >= 0.3 is 0 Å². The van der Waals surface area contributed by atoms with E-state index in [0.29, 0.717) is 0 Å². The number of hydrogen-bond acceptors (Lipinski definition) is 2. The smallest absolute Gasteiger partial charge is 0.0687 e. The molecule has 2 aliphatic rings. The Bertz CT molecular complexity index is 423. The van der Waals surface area contributed by atoms with E-state index in [1.165, 1.54) is 61.9 Å². The van der Waals surface area contributed by atoms with Crippen molar-refractivity contribution in [2.45, 2.75) is 63.7 Å². The Morgan fingerprint density at radius 2 is 1.68 bits per heavy atom. The molecule has 1 saturated heterocycles. The van der Waals surface area contributed by atoms with Crippen molar-refractivity contribution in [2.75, 3.05) is 13.1 Å². The number of hydrogen-bond donors (Lipinski definition) is 1. The van der Waals surface area contributed by atoms with Gasteiger partial charge in [-0.1, -0.05) is 19.3 Å². The molecule has 106 valence electrons. The standard InChI is InChI=1S/C16H27N3/c1-12-15(13-6-4-3-5-7-13)18-19(2)16(12)14-8-10-17-11-9-14/h13-14,17H,3-11H2,1-2H3. The maximum atomic E-state index is 4.91. The molecule has 0 radical (unpaired) electrons. The third-order valence-electron chi connectivity index (χ3n) is 5.09. The number of aryl methyl sites for hydroxylation is 1. The third-order valence-corrected chi connectivity index (χ3v) is 5.09. The first-order valence-corrected chi connectivity index (χ1v) is 8.01. The molecule has 2 heterocycles. The average Bonchev–Trinajstić information content (AvgIpc) is 2.76. The lowest BCUT2D eigenvalue weighted by atomic mass is 9.84. The van der Waals surface area contributed by atoms with Crippen LogP contribution in [0.1, 0.15) is 73.7 Å². The van der Waals surface area contributed by atoms with Gasteiger partial charge in [-0.3, -0.25) is 4.68 Å². The summed E-state index contributed by atoms with van der Waals surface area (Å²) >= 11 is 0. The fourth-order valence-electron chi connectivity index (χ4n) is 4.09. The molecule has 0 amide bonds. The minimum Gasteiger partial charge on any atom is -0.317 e. The van der Waals surface area contributed by atoms with Crippen LogP contribution >= 0.6 is 0 Å². The molecule has 0 unspecified atom stereocenters. The predicted octanol–water partition coefficient (Wildman–Crippen LogP) is 3.24. The van der Waals surface area contributed by atoms with Crippen molar-refractivity contribution < 1.29 is 0 Å². The Hall–Kier alpha value is -0.830. The van der Waals surface area contributed by atoms with Crippen molar-refractivity contribution in [1.82, 2.24) is 15.1 Å². The molecule has 0 aromatic carbocycles. The summed E-state index contributed by atoms with van der Waals surface area (Å²) < 4.78 is 2.19. The molecule has 19 heavy (non-hydrogen) atoms. The lowest BCUT2D eigenvalue weighted by molar-refractivity contribution is 0.430. The first kappa shape index (κ1) is 13.2. The largest absolute Gasteiger partial charge is 0.317 e. The molecule has 0 bridgehead atoms. The molecule has 0 spiro atoms. The Kier molecular flexibility index (Phi) is 3.92. The number of nitrogens with zero attached hydrogens (tertiary/aromatic N) is 2. The highest BCUT2D eigenvalue weighted by Gasteiger charge is 2.27. The highest BCUT2D eigenvalue weighted by atomic mass is 15.3. The second kappa shape index (κ2) is 5.66. The van der Waals surface area contributed by atoms with Crippen LogP contribution in [0.3, 0.4) is 0 Å². The third kappa shape index (κ3) is 2.58. The van der Waals surface area contributed by atoms with Gasteiger partial charge in [-0.05, 0) is 51.3 Å². The number of rotatable bonds is 2. The molecular weight excluding hydrogens is 234 g/mol. The predicted molar refractivity (Wildman–Crippen MR) is 78.6 cm³/mol. The second-order valence-electron chi connectivity index (χ2n) is 6.38. The van der Waals surface area contributed by atoms with E-state index < -0.39 is 0 Å². The molecule has 0 atom stereocenters. The maximum Gasteiger partial charge on any atom is 0.0687 e. The molecule has 3 rings (SSSR count). The minimum absolute atomic E-state index is 0.719. The van der Waals surface area contributed by atoms with E-state index in [1.807, 2.05) is 0 Å². The summed E-state index contributed by atoms with van der Waals surface area (Å²) in [7, 11) is 2.15. The van der Waals surface area contributed by atoms with Gasteiger partial charge < -0.3 is 5.32 Å². The highest BCUT2D eigenvalue weighted by Crippen LogP contribution is 2.37. The molecule has 1 aliphatic heterocycles. The van der Waals surface area contributed by atoms with Crippen molar-refractivity contribution in [3.05, 3.63) is 17.0 Å². The number of piperidine rings is 1. The van der Waals surface area contributed by atoms with Crippen LogP contribution in [0.2, 0.25) is 0 Å². The van der Waals surface area contributed by atoms with E-state index >= 15 is 0 Å². The lowest BCUT2D eigenvalue weighted by Gasteiger charge is -2.24. The van der Waals surface area contributed by atoms with Crippen LogP contribution in [0.15, 0.2) is 0 Å². The van der Waals surface area contributed by atoms with Gasteiger partial charge in [-0.25, -0.2) is 0 Å². The first-order chi connectivity index (χ1) is 9.27. The van der Waals surface area contributed by atoms with Gasteiger partial charge in [-0.2, -0.15) is 5.10 Å². The first-order valence-electron chi connectivity index (χ1n) is 8.01. The normalized spacial score (nSPS) is 22.8. The summed E-state index contributed by atoms with van der Waals surface area (Å²) in [5.41, 5.74) is 4.43. The van der Waals surface area contributed by atoms with Crippen LogP contribution in [0.5, 0.6) is 0 Å².